The summed E-state index contributed by atoms with van der Waals surface area (Å²) in [6.07, 6.45) is 1.84. The highest BCUT2D eigenvalue weighted by Gasteiger charge is 2.20. The van der Waals surface area contributed by atoms with E-state index in [1.54, 1.807) is 0 Å². The molecule has 1 aliphatic rings. The summed E-state index contributed by atoms with van der Waals surface area (Å²) in [5.41, 5.74) is 1.12. The number of carbonyl (C=O) groups is 1. The van der Waals surface area contributed by atoms with Crippen molar-refractivity contribution in [3.63, 3.8) is 0 Å². The lowest BCUT2D eigenvalue weighted by Gasteiger charge is -2.21. The van der Waals surface area contributed by atoms with Gasteiger partial charge in [0.15, 0.2) is 0 Å². The molecule has 98 valence electrons. The Bertz CT molecular complexity index is 361. The zero-order valence-corrected chi connectivity index (χ0v) is 10.5. The average molecular weight is 248 g/mol. The molecule has 0 saturated carbocycles. The van der Waals surface area contributed by atoms with E-state index < -0.39 is 0 Å². The summed E-state index contributed by atoms with van der Waals surface area (Å²) in [5.74, 6) is 0.260. The quantitative estimate of drug-likeness (QED) is 0.609. The molecule has 1 heterocycles. The first-order valence-corrected chi connectivity index (χ1v) is 6.46. The number of rotatable bonds is 5. The van der Waals surface area contributed by atoms with E-state index in [0.29, 0.717) is 6.61 Å². The highest BCUT2D eigenvalue weighted by atomic mass is 16.5. The fraction of sp³-hybridized carbons (Fsp3) is 0.500. The summed E-state index contributed by atoms with van der Waals surface area (Å²) in [4.78, 5) is 11.8. The van der Waals surface area contributed by atoms with Gasteiger partial charge >= 0.3 is 0 Å². The van der Waals surface area contributed by atoms with Crippen molar-refractivity contribution in [2.45, 2.75) is 19.4 Å². The zero-order valence-electron chi connectivity index (χ0n) is 10.5. The van der Waals surface area contributed by atoms with Crippen molar-refractivity contribution in [3.05, 3.63) is 35.9 Å². The van der Waals surface area contributed by atoms with Crippen LogP contribution in [-0.4, -0.2) is 25.7 Å². The van der Waals surface area contributed by atoms with Crippen LogP contribution in [0.2, 0.25) is 0 Å². The molecule has 0 spiro atoms. The van der Waals surface area contributed by atoms with E-state index in [0.717, 1.165) is 31.5 Å². The first-order valence-electron chi connectivity index (χ1n) is 6.46. The maximum Gasteiger partial charge on any atom is 0.224 e. The number of benzene rings is 1. The van der Waals surface area contributed by atoms with Crippen LogP contribution in [0.15, 0.2) is 30.3 Å². The van der Waals surface area contributed by atoms with Crippen LogP contribution < -0.4 is 10.6 Å². The molecule has 0 radical (unpaired) electrons. The van der Waals surface area contributed by atoms with Gasteiger partial charge in [0.1, 0.15) is 6.73 Å². The average Bonchev–Trinajstić information content (AvgIpc) is 2.45. The molecule has 1 aliphatic heterocycles. The Morgan fingerprint density at radius 3 is 2.72 bits per heavy atom. The summed E-state index contributed by atoms with van der Waals surface area (Å²) < 4.78 is 5.43. The highest BCUT2D eigenvalue weighted by Crippen LogP contribution is 2.11. The van der Waals surface area contributed by atoms with Crippen molar-refractivity contribution in [1.82, 2.24) is 10.6 Å². The lowest BCUT2D eigenvalue weighted by Crippen LogP contribution is -2.38. The molecule has 0 aliphatic carbocycles. The highest BCUT2D eigenvalue weighted by molar-refractivity contribution is 5.78. The van der Waals surface area contributed by atoms with E-state index >= 15 is 0 Å². The third kappa shape index (κ3) is 4.13. The summed E-state index contributed by atoms with van der Waals surface area (Å²) in [6, 6.07) is 9.95. The lowest BCUT2D eigenvalue weighted by molar-refractivity contribution is -0.127. The molecule has 2 rings (SSSR count). The van der Waals surface area contributed by atoms with Crippen LogP contribution in [0.4, 0.5) is 0 Å². The van der Waals surface area contributed by atoms with E-state index in [9.17, 15) is 4.79 Å². The molecule has 0 atom stereocenters. The van der Waals surface area contributed by atoms with Crippen molar-refractivity contribution in [3.8, 4) is 0 Å². The third-order valence-electron chi connectivity index (χ3n) is 3.17. The largest absolute Gasteiger partial charge is 0.357 e. The van der Waals surface area contributed by atoms with Crippen molar-refractivity contribution in [1.29, 1.82) is 0 Å². The van der Waals surface area contributed by atoms with E-state index in [-0.39, 0.29) is 18.6 Å². The maximum atomic E-state index is 11.8. The smallest absolute Gasteiger partial charge is 0.224 e. The van der Waals surface area contributed by atoms with Crippen LogP contribution in [-0.2, 0) is 16.1 Å². The molecule has 0 bridgehead atoms. The summed E-state index contributed by atoms with van der Waals surface area (Å²) in [6.45, 7) is 2.69. The van der Waals surface area contributed by atoms with Gasteiger partial charge in [-0.2, -0.15) is 0 Å². The molecular weight excluding hydrogens is 228 g/mol. The predicted molar refractivity (Wildman–Crippen MR) is 69.8 cm³/mol. The SMILES string of the molecule is O=C(NCOCc1ccccc1)C1CCNCC1. The van der Waals surface area contributed by atoms with Crippen LogP contribution in [0.5, 0.6) is 0 Å². The lowest BCUT2D eigenvalue weighted by atomic mass is 9.97. The molecule has 1 aromatic rings. The van der Waals surface area contributed by atoms with Gasteiger partial charge in [0.25, 0.3) is 0 Å². The van der Waals surface area contributed by atoms with Crippen molar-refractivity contribution >= 4 is 5.91 Å². The molecule has 4 heteroatoms. The second-order valence-electron chi connectivity index (χ2n) is 4.54. The van der Waals surface area contributed by atoms with E-state index in [2.05, 4.69) is 10.6 Å². The Balaban J connectivity index is 1.61. The van der Waals surface area contributed by atoms with Gasteiger partial charge in [0, 0.05) is 5.92 Å². The van der Waals surface area contributed by atoms with Crippen LogP contribution in [0.25, 0.3) is 0 Å². The monoisotopic (exact) mass is 248 g/mol. The molecule has 0 unspecified atom stereocenters. The molecule has 1 amide bonds. The van der Waals surface area contributed by atoms with Gasteiger partial charge in [0.2, 0.25) is 5.91 Å². The van der Waals surface area contributed by atoms with Crippen LogP contribution in [0, 0.1) is 5.92 Å². The van der Waals surface area contributed by atoms with Gasteiger partial charge in [0.05, 0.1) is 6.61 Å². The number of ether oxygens (including phenoxy) is 1. The van der Waals surface area contributed by atoms with Crippen molar-refractivity contribution in [2.24, 2.45) is 5.92 Å². The first kappa shape index (κ1) is 13.1. The first-order chi connectivity index (χ1) is 8.86. The van der Waals surface area contributed by atoms with Gasteiger partial charge in [-0.25, -0.2) is 0 Å². The summed E-state index contributed by atoms with van der Waals surface area (Å²) >= 11 is 0. The second kappa shape index (κ2) is 7.13. The fourth-order valence-electron chi connectivity index (χ4n) is 2.09. The van der Waals surface area contributed by atoms with Gasteiger partial charge in [-0.05, 0) is 31.5 Å². The Labute approximate surface area is 108 Å². The minimum Gasteiger partial charge on any atom is -0.357 e. The fourth-order valence-corrected chi connectivity index (χ4v) is 2.09. The summed E-state index contributed by atoms with van der Waals surface area (Å²) in [5, 5.41) is 6.08. The molecule has 1 aromatic carbocycles. The molecule has 4 nitrogen and oxygen atoms in total. The van der Waals surface area contributed by atoms with Gasteiger partial charge in [-0.15, -0.1) is 0 Å². The number of hydrogen-bond donors (Lipinski definition) is 2. The van der Waals surface area contributed by atoms with E-state index in [4.69, 9.17) is 4.74 Å². The standard InChI is InChI=1S/C14H20N2O2/c17-14(13-6-8-15-9-7-13)16-11-18-10-12-4-2-1-3-5-12/h1-5,13,15H,6-11H2,(H,16,17). The Kier molecular flexibility index (Phi) is 5.17. The Hall–Kier alpha value is -1.39. The van der Waals surface area contributed by atoms with Crippen LogP contribution in [0.3, 0.4) is 0 Å². The Morgan fingerprint density at radius 2 is 2.00 bits per heavy atom. The van der Waals surface area contributed by atoms with Gasteiger partial charge in [-0.1, -0.05) is 30.3 Å². The maximum absolute atomic E-state index is 11.8. The number of piperidine rings is 1. The Morgan fingerprint density at radius 1 is 1.28 bits per heavy atom. The predicted octanol–water partition coefficient (Wildman–Crippen LogP) is 1.28. The topological polar surface area (TPSA) is 50.4 Å². The second-order valence-corrected chi connectivity index (χ2v) is 4.54. The molecule has 1 fully saturated rings. The van der Waals surface area contributed by atoms with Crippen LogP contribution >= 0.6 is 0 Å². The number of carbonyl (C=O) groups excluding carboxylic acids is 1. The number of nitrogens with one attached hydrogen (secondary N) is 2. The summed E-state index contributed by atoms with van der Waals surface area (Å²) in [7, 11) is 0. The van der Waals surface area contributed by atoms with E-state index in [1.807, 2.05) is 30.3 Å². The number of amides is 1. The minimum atomic E-state index is 0.115. The zero-order chi connectivity index (χ0) is 12.6. The van der Waals surface area contributed by atoms with Crippen molar-refractivity contribution < 1.29 is 9.53 Å². The van der Waals surface area contributed by atoms with Gasteiger partial charge in [-0.3, -0.25) is 4.79 Å². The normalized spacial score (nSPS) is 16.4. The van der Waals surface area contributed by atoms with Crippen molar-refractivity contribution in [2.75, 3.05) is 19.8 Å². The molecular formula is C14H20N2O2. The molecule has 1 saturated heterocycles. The number of hydrogen-bond acceptors (Lipinski definition) is 3. The molecule has 2 N–H and O–H groups in total. The third-order valence-corrected chi connectivity index (χ3v) is 3.17. The van der Waals surface area contributed by atoms with Crippen LogP contribution in [0.1, 0.15) is 18.4 Å². The van der Waals surface area contributed by atoms with Gasteiger partial charge < -0.3 is 15.4 Å². The molecule has 18 heavy (non-hydrogen) atoms. The molecule has 0 aromatic heterocycles. The minimum absolute atomic E-state index is 0.115. The van der Waals surface area contributed by atoms with E-state index in [1.165, 1.54) is 0 Å².